The Morgan fingerprint density at radius 1 is 1.64 bits per heavy atom. The maximum Gasteiger partial charge on any atom is 0.221 e. The highest BCUT2D eigenvalue weighted by atomic mass is 16.5. The Labute approximate surface area is 79.9 Å². The van der Waals surface area contributed by atoms with Crippen molar-refractivity contribution in [3.05, 3.63) is 24.5 Å². The van der Waals surface area contributed by atoms with Gasteiger partial charge in [0.2, 0.25) is 5.91 Å². The molecule has 5 nitrogen and oxygen atoms in total. The quantitative estimate of drug-likeness (QED) is 0.666. The molecule has 0 saturated carbocycles. The Balaban J connectivity index is 2.60. The molecule has 5 heteroatoms. The van der Waals surface area contributed by atoms with Crippen LogP contribution in [0.1, 0.15) is 6.92 Å². The second-order valence-electron chi connectivity index (χ2n) is 2.94. The van der Waals surface area contributed by atoms with Crippen LogP contribution in [-0.2, 0) is 4.79 Å². The van der Waals surface area contributed by atoms with Crippen molar-refractivity contribution in [2.45, 2.75) is 6.92 Å². The molecule has 0 fully saturated rings. The highest BCUT2D eigenvalue weighted by Crippen LogP contribution is 2.21. The van der Waals surface area contributed by atoms with Crippen molar-refractivity contribution in [2.24, 2.45) is 0 Å². The zero-order chi connectivity index (χ0) is 10.1. The van der Waals surface area contributed by atoms with Crippen LogP contribution in [0.15, 0.2) is 24.5 Å². The molecule has 0 unspecified atom stereocenters. The topological polar surface area (TPSA) is 67.2 Å². The van der Waals surface area contributed by atoms with E-state index >= 15 is 0 Å². The number of aromatic nitrogens is 2. The predicted octanol–water partition coefficient (Wildman–Crippen LogP) is 1.23. The second-order valence-corrected chi connectivity index (χ2v) is 2.94. The predicted molar refractivity (Wildman–Crippen MR) is 51.2 cm³/mol. The molecule has 0 saturated heterocycles. The first-order chi connectivity index (χ1) is 6.68. The van der Waals surface area contributed by atoms with Crippen LogP contribution in [0, 0.1) is 0 Å². The summed E-state index contributed by atoms with van der Waals surface area (Å²) in [4.78, 5) is 14.9. The van der Waals surface area contributed by atoms with Crippen molar-refractivity contribution in [2.75, 3.05) is 5.32 Å². The first-order valence-electron chi connectivity index (χ1n) is 4.11. The van der Waals surface area contributed by atoms with Crippen LogP contribution < -0.4 is 5.32 Å². The van der Waals surface area contributed by atoms with Gasteiger partial charge in [-0.25, -0.2) is 0 Å². The maximum atomic E-state index is 10.8. The molecule has 0 aliphatic heterocycles. The number of nitrogens with one attached hydrogen (secondary N) is 1. The molecule has 0 atom stereocenters. The molecule has 14 heavy (non-hydrogen) atoms. The number of nitrogens with zero attached hydrogens (tertiary/aromatic N) is 2. The van der Waals surface area contributed by atoms with E-state index in [2.05, 4.69) is 10.3 Å². The van der Waals surface area contributed by atoms with Gasteiger partial charge in [-0.15, -0.1) is 0 Å². The number of amides is 1. The van der Waals surface area contributed by atoms with Gasteiger partial charge in [-0.3, -0.25) is 9.78 Å². The summed E-state index contributed by atoms with van der Waals surface area (Å²) in [6.45, 7) is 1.41. The average molecular weight is 191 g/mol. The van der Waals surface area contributed by atoms with E-state index in [0.29, 0.717) is 16.7 Å². The molecule has 0 aliphatic carbocycles. The van der Waals surface area contributed by atoms with E-state index < -0.39 is 0 Å². The van der Waals surface area contributed by atoms with Crippen LogP contribution in [0.2, 0.25) is 0 Å². The minimum Gasteiger partial charge on any atom is -0.428 e. The first kappa shape index (κ1) is 8.55. The fraction of sp³-hybridized carbons (Fsp3) is 0.111. The Morgan fingerprint density at radius 3 is 3.14 bits per heavy atom. The van der Waals surface area contributed by atoms with E-state index in [9.17, 15) is 10.0 Å². The smallest absolute Gasteiger partial charge is 0.221 e. The zero-order valence-electron chi connectivity index (χ0n) is 7.56. The van der Waals surface area contributed by atoms with Crippen LogP contribution in [0.5, 0.6) is 0 Å². The number of pyridine rings is 1. The largest absolute Gasteiger partial charge is 0.428 e. The molecule has 0 radical (unpaired) electrons. The monoisotopic (exact) mass is 191 g/mol. The van der Waals surface area contributed by atoms with Crippen molar-refractivity contribution in [1.29, 1.82) is 0 Å². The van der Waals surface area contributed by atoms with Crippen LogP contribution in [0.25, 0.3) is 11.0 Å². The summed E-state index contributed by atoms with van der Waals surface area (Å²) in [5, 5.41) is 12.0. The van der Waals surface area contributed by atoms with E-state index in [-0.39, 0.29) is 5.91 Å². The molecule has 2 N–H and O–H groups in total. The van der Waals surface area contributed by atoms with Crippen molar-refractivity contribution < 1.29 is 10.0 Å². The van der Waals surface area contributed by atoms with Gasteiger partial charge in [0.1, 0.15) is 11.0 Å². The number of hydrogen-bond donors (Lipinski definition) is 2. The van der Waals surface area contributed by atoms with Crippen molar-refractivity contribution in [3.8, 4) is 0 Å². The van der Waals surface area contributed by atoms with Gasteiger partial charge < -0.3 is 10.5 Å². The molecule has 0 aromatic carbocycles. The molecule has 2 heterocycles. The van der Waals surface area contributed by atoms with E-state index in [1.165, 1.54) is 13.1 Å². The summed E-state index contributed by atoms with van der Waals surface area (Å²) in [6, 6.07) is 3.43. The summed E-state index contributed by atoms with van der Waals surface area (Å²) >= 11 is 0. The molecule has 2 aromatic heterocycles. The lowest BCUT2D eigenvalue weighted by atomic mass is 10.3. The summed E-state index contributed by atoms with van der Waals surface area (Å²) in [6.07, 6.45) is 3.02. The van der Waals surface area contributed by atoms with Gasteiger partial charge in [-0.2, -0.15) is 4.73 Å². The lowest BCUT2D eigenvalue weighted by Crippen LogP contribution is -2.05. The van der Waals surface area contributed by atoms with E-state index in [4.69, 9.17) is 0 Å². The normalized spacial score (nSPS) is 10.4. The maximum absolute atomic E-state index is 10.8. The van der Waals surface area contributed by atoms with Crippen LogP contribution in [0.3, 0.4) is 0 Å². The summed E-state index contributed by atoms with van der Waals surface area (Å²) in [5.74, 6) is -0.192. The number of anilines is 1. The molecule has 0 aliphatic rings. The molecular formula is C9H9N3O2. The van der Waals surface area contributed by atoms with Crippen LogP contribution in [-0.4, -0.2) is 20.8 Å². The third-order valence-corrected chi connectivity index (χ3v) is 1.85. The minimum atomic E-state index is -0.192. The molecule has 2 rings (SSSR count). The number of carbonyl (C=O) groups is 1. The average Bonchev–Trinajstić information content (AvgIpc) is 2.44. The second kappa shape index (κ2) is 3.02. The Morgan fingerprint density at radius 2 is 2.43 bits per heavy atom. The zero-order valence-corrected chi connectivity index (χ0v) is 7.56. The molecule has 1 amide bonds. The fourth-order valence-electron chi connectivity index (χ4n) is 1.32. The highest BCUT2D eigenvalue weighted by Gasteiger charge is 2.08. The van der Waals surface area contributed by atoms with Crippen molar-refractivity contribution in [1.82, 2.24) is 9.71 Å². The molecule has 0 bridgehead atoms. The standard InChI is InChI=1S/C9H9N3O2/c1-6(13)11-7-5-12(14)8-3-2-4-10-9(7)8/h2-5,14H,1H3,(H,11,13). The Bertz CT molecular complexity index is 490. The lowest BCUT2D eigenvalue weighted by molar-refractivity contribution is -0.114. The van der Waals surface area contributed by atoms with Crippen molar-refractivity contribution >= 4 is 22.6 Å². The highest BCUT2D eigenvalue weighted by molar-refractivity contribution is 5.98. The van der Waals surface area contributed by atoms with Gasteiger partial charge in [-0.1, -0.05) is 0 Å². The number of hydrogen-bond acceptors (Lipinski definition) is 3. The summed E-state index contributed by atoms with van der Waals surface area (Å²) < 4.78 is 0.938. The van der Waals surface area contributed by atoms with Gasteiger partial charge >= 0.3 is 0 Å². The Kier molecular flexibility index (Phi) is 1.85. The van der Waals surface area contributed by atoms with Crippen LogP contribution >= 0.6 is 0 Å². The SMILES string of the molecule is CC(=O)Nc1cn(O)c2cccnc12. The van der Waals surface area contributed by atoms with E-state index in [1.54, 1.807) is 18.3 Å². The van der Waals surface area contributed by atoms with Crippen LogP contribution in [0.4, 0.5) is 5.69 Å². The Hall–Kier alpha value is -2.04. The molecular weight excluding hydrogens is 182 g/mol. The molecule has 72 valence electrons. The lowest BCUT2D eigenvalue weighted by Gasteiger charge is -1.96. The van der Waals surface area contributed by atoms with Gasteiger partial charge in [0, 0.05) is 13.1 Å². The van der Waals surface area contributed by atoms with E-state index in [1.807, 2.05) is 0 Å². The van der Waals surface area contributed by atoms with E-state index in [0.717, 1.165) is 4.73 Å². The third kappa shape index (κ3) is 1.28. The number of rotatable bonds is 1. The summed E-state index contributed by atoms with van der Waals surface area (Å²) in [7, 11) is 0. The number of fused-ring (bicyclic) bond motifs is 1. The van der Waals surface area contributed by atoms with Gasteiger partial charge in [0.25, 0.3) is 0 Å². The van der Waals surface area contributed by atoms with Gasteiger partial charge in [0.15, 0.2) is 0 Å². The third-order valence-electron chi connectivity index (χ3n) is 1.85. The fourth-order valence-corrected chi connectivity index (χ4v) is 1.32. The minimum absolute atomic E-state index is 0.192. The van der Waals surface area contributed by atoms with Crippen molar-refractivity contribution in [3.63, 3.8) is 0 Å². The number of carbonyl (C=O) groups excluding carboxylic acids is 1. The molecule has 0 spiro atoms. The summed E-state index contributed by atoms with van der Waals surface area (Å²) in [5.41, 5.74) is 1.65. The molecule has 2 aromatic rings. The first-order valence-corrected chi connectivity index (χ1v) is 4.11. The van der Waals surface area contributed by atoms with Gasteiger partial charge in [-0.05, 0) is 12.1 Å². The van der Waals surface area contributed by atoms with Gasteiger partial charge in [0.05, 0.1) is 11.9 Å².